The van der Waals surface area contributed by atoms with E-state index in [9.17, 15) is 23.3 Å². The molecule has 0 saturated carbocycles. The zero-order valence-corrected chi connectivity index (χ0v) is 15.1. The molecule has 0 saturated heterocycles. The molecular formula is C19H14N2O6S. The Kier molecular flexibility index (Phi) is 5.37. The molecule has 9 heteroatoms. The number of esters is 1. The van der Waals surface area contributed by atoms with Gasteiger partial charge in [0, 0.05) is 17.8 Å². The van der Waals surface area contributed by atoms with Gasteiger partial charge in [-0.25, -0.2) is 13.2 Å². The van der Waals surface area contributed by atoms with Crippen LogP contribution in [0.2, 0.25) is 0 Å². The second-order valence-corrected chi connectivity index (χ2v) is 7.32. The fourth-order valence-electron chi connectivity index (χ4n) is 2.29. The third kappa shape index (κ3) is 4.51. The summed E-state index contributed by atoms with van der Waals surface area (Å²) >= 11 is 0. The molecule has 0 spiro atoms. The molecule has 0 aromatic heterocycles. The lowest BCUT2D eigenvalue weighted by molar-refractivity contribution is -0.384. The van der Waals surface area contributed by atoms with Gasteiger partial charge >= 0.3 is 5.97 Å². The maximum Gasteiger partial charge on any atom is 0.343 e. The molecule has 0 atom stereocenters. The van der Waals surface area contributed by atoms with Crippen molar-refractivity contribution in [3.63, 3.8) is 0 Å². The van der Waals surface area contributed by atoms with E-state index < -0.39 is 20.9 Å². The van der Waals surface area contributed by atoms with Gasteiger partial charge in [-0.05, 0) is 48.5 Å². The van der Waals surface area contributed by atoms with Crippen molar-refractivity contribution < 1.29 is 22.9 Å². The minimum atomic E-state index is -3.79. The number of ether oxygens (including phenoxy) is 1. The standard InChI is InChI=1S/C19H14N2O6S/c22-19(27-17-10-8-16(9-11-17)21(23)24)14-6-12-18(13-7-14)28(25,26)20-15-4-2-1-3-5-15/h1-13,20H. The molecule has 0 amide bonds. The summed E-state index contributed by atoms with van der Waals surface area (Å²) in [5, 5.41) is 10.6. The minimum absolute atomic E-state index is 0.0109. The van der Waals surface area contributed by atoms with Crippen molar-refractivity contribution in [2.75, 3.05) is 4.72 Å². The number of hydrogen-bond acceptors (Lipinski definition) is 6. The van der Waals surface area contributed by atoms with Crippen LogP contribution in [0, 0.1) is 10.1 Å². The highest BCUT2D eigenvalue weighted by molar-refractivity contribution is 7.92. The van der Waals surface area contributed by atoms with Gasteiger partial charge < -0.3 is 4.74 Å². The summed E-state index contributed by atoms with van der Waals surface area (Å²) in [5.74, 6) is -0.577. The third-order valence-corrected chi connectivity index (χ3v) is 5.08. The Labute approximate surface area is 160 Å². The molecule has 0 aliphatic rings. The largest absolute Gasteiger partial charge is 0.423 e. The number of benzene rings is 3. The molecule has 0 bridgehead atoms. The van der Waals surface area contributed by atoms with Crippen molar-refractivity contribution in [3.05, 3.63) is 94.5 Å². The first-order valence-corrected chi connectivity index (χ1v) is 9.48. The Morgan fingerprint density at radius 2 is 1.50 bits per heavy atom. The third-order valence-electron chi connectivity index (χ3n) is 3.68. The Balaban J connectivity index is 1.71. The molecule has 8 nitrogen and oxygen atoms in total. The Hall–Kier alpha value is -3.72. The van der Waals surface area contributed by atoms with Crippen LogP contribution in [0.3, 0.4) is 0 Å². The summed E-state index contributed by atoms with van der Waals surface area (Å²) in [6, 6.07) is 18.7. The van der Waals surface area contributed by atoms with Crippen molar-refractivity contribution >= 4 is 27.4 Å². The van der Waals surface area contributed by atoms with Crippen LogP contribution in [0.4, 0.5) is 11.4 Å². The van der Waals surface area contributed by atoms with E-state index in [2.05, 4.69) is 4.72 Å². The molecule has 0 aliphatic carbocycles. The van der Waals surface area contributed by atoms with Crippen molar-refractivity contribution in [3.8, 4) is 5.75 Å². The molecule has 28 heavy (non-hydrogen) atoms. The topological polar surface area (TPSA) is 116 Å². The van der Waals surface area contributed by atoms with Crippen LogP contribution < -0.4 is 9.46 Å². The SMILES string of the molecule is O=C(Oc1ccc([N+](=O)[O-])cc1)c1ccc(S(=O)(=O)Nc2ccccc2)cc1. The number of nitrogens with zero attached hydrogens (tertiary/aromatic N) is 1. The van der Waals surface area contributed by atoms with Crippen LogP contribution in [0.15, 0.2) is 83.8 Å². The number of nitro benzene ring substituents is 1. The molecule has 3 aromatic rings. The van der Waals surface area contributed by atoms with Gasteiger partial charge in [0.2, 0.25) is 0 Å². The summed E-state index contributed by atoms with van der Waals surface area (Å²) in [4.78, 5) is 22.2. The lowest BCUT2D eigenvalue weighted by Crippen LogP contribution is -2.14. The molecule has 3 aromatic carbocycles. The van der Waals surface area contributed by atoms with Gasteiger partial charge in [-0.2, -0.15) is 0 Å². The average molecular weight is 398 g/mol. The normalized spacial score (nSPS) is 10.9. The van der Waals surface area contributed by atoms with E-state index in [1.54, 1.807) is 30.3 Å². The maximum absolute atomic E-state index is 12.4. The van der Waals surface area contributed by atoms with Gasteiger partial charge in [-0.1, -0.05) is 18.2 Å². The number of rotatable bonds is 6. The zero-order valence-electron chi connectivity index (χ0n) is 14.3. The number of para-hydroxylation sites is 1. The minimum Gasteiger partial charge on any atom is -0.423 e. The number of nitro groups is 1. The molecule has 142 valence electrons. The van der Waals surface area contributed by atoms with Crippen molar-refractivity contribution in [1.29, 1.82) is 0 Å². The smallest absolute Gasteiger partial charge is 0.343 e. The second kappa shape index (κ2) is 7.89. The molecule has 1 N–H and O–H groups in total. The summed E-state index contributed by atoms with van der Waals surface area (Å²) < 4.78 is 32.3. The van der Waals surface area contributed by atoms with Gasteiger partial charge in [0.1, 0.15) is 5.75 Å². The van der Waals surface area contributed by atoms with Gasteiger partial charge in [0.25, 0.3) is 15.7 Å². The first-order chi connectivity index (χ1) is 13.3. The van der Waals surface area contributed by atoms with Gasteiger partial charge in [-0.3, -0.25) is 14.8 Å². The quantitative estimate of drug-likeness (QED) is 0.293. The lowest BCUT2D eigenvalue weighted by atomic mass is 10.2. The Morgan fingerprint density at radius 1 is 0.893 bits per heavy atom. The first kappa shape index (κ1) is 19.1. The number of hydrogen-bond donors (Lipinski definition) is 1. The predicted octanol–water partition coefficient (Wildman–Crippen LogP) is 3.61. The Bertz CT molecular complexity index is 1100. The van der Waals surface area contributed by atoms with Crippen LogP contribution in [0.5, 0.6) is 5.75 Å². The Morgan fingerprint density at radius 3 is 2.07 bits per heavy atom. The number of non-ortho nitro benzene ring substituents is 1. The van der Waals surface area contributed by atoms with Gasteiger partial charge in [-0.15, -0.1) is 0 Å². The lowest BCUT2D eigenvalue weighted by Gasteiger charge is -2.09. The van der Waals surface area contributed by atoms with Gasteiger partial charge in [0.15, 0.2) is 0 Å². The molecular weight excluding hydrogens is 384 g/mol. The first-order valence-electron chi connectivity index (χ1n) is 8.00. The summed E-state index contributed by atoms with van der Waals surface area (Å²) in [5.41, 5.74) is 0.432. The fourth-order valence-corrected chi connectivity index (χ4v) is 3.35. The zero-order chi connectivity index (χ0) is 20.1. The predicted molar refractivity (Wildman–Crippen MR) is 102 cm³/mol. The van der Waals surface area contributed by atoms with E-state index in [4.69, 9.17) is 4.74 Å². The van der Waals surface area contributed by atoms with Crippen LogP contribution in [-0.4, -0.2) is 19.3 Å². The van der Waals surface area contributed by atoms with E-state index in [0.717, 1.165) is 0 Å². The fraction of sp³-hybridized carbons (Fsp3) is 0. The second-order valence-electron chi connectivity index (χ2n) is 5.64. The number of sulfonamides is 1. The monoisotopic (exact) mass is 398 g/mol. The number of anilines is 1. The molecule has 0 radical (unpaired) electrons. The highest BCUT2D eigenvalue weighted by Gasteiger charge is 2.16. The van der Waals surface area contributed by atoms with Crippen LogP contribution in [0.1, 0.15) is 10.4 Å². The molecule has 0 unspecified atom stereocenters. The molecule has 0 heterocycles. The van der Waals surface area contributed by atoms with E-state index in [1.165, 1.54) is 48.5 Å². The number of carbonyl (C=O) groups excluding carboxylic acids is 1. The van der Waals surface area contributed by atoms with Gasteiger partial charge in [0.05, 0.1) is 15.4 Å². The molecule has 0 aliphatic heterocycles. The van der Waals surface area contributed by atoms with Crippen LogP contribution in [0.25, 0.3) is 0 Å². The van der Waals surface area contributed by atoms with Crippen molar-refractivity contribution in [1.82, 2.24) is 0 Å². The summed E-state index contributed by atoms with van der Waals surface area (Å²) in [7, 11) is -3.79. The average Bonchev–Trinajstić information content (AvgIpc) is 2.69. The molecule has 0 fully saturated rings. The maximum atomic E-state index is 12.4. The van der Waals surface area contributed by atoms with Crippen LogP contribution >= 0.6 is 0 Å². The highest BCUT2D eigenvalue weighted by atomic mass is 32.2. The number of carbonyl (C=O) groups is 1. The highest BCUT2D eigenvalue weighted by Crippen LogP contribution is 2.20. The van der Waals surface area contributed by atoms with Crippen molar-refractivity contribution in [2.45, 2.75) is 4.90 Å². The van der Waals surface area contributed by atoms with E-state index >= 15 is 0 Å². The van der Waals surface area contributed by atoms with E-state index in [0.29, 0.717) is 5.69 Å². The summed E-state index contributed by atoms with van der Waals surface area (Å²) in [6.45, 7) is 0. The van der Waals surface area contributed by atoms with E-state index in [-0.39, 0.29) is 21.9 Å². The molecule has 3 rings (SSSR count). The van der Waals surface area contributed by atoms with Crippen LogP contribution in [-0.2, 0) is 10.0 Å². The van der Waals surface area contributed by atoms with E-state index in [1.807, 2.05) is 0 Å². The van der Waals surface area contributed by atoms with Crippen molar-refractivity contribution in [2.24, 2.45) is 0 Å². The summed E-state index contributed by atoms with van der Waals surface area (Å²) in [6.07, 6.45) is 0. The number of nitrogens with one attached hydrogen (secondary N) is 1.